The van der Waals surface area contributed by atoms with Gasteiger partial charge in [-0.15, -0.1) is 0 Å². The Hall–Kier alpha value is -0.120. The average Bonchev–Trinajstić information content (AvgIpc) is 2.53. The Morgan fingerprint density at radius 1 is 1.17 bits per heavy atom. The van der Waals surface area contributed by atoms with E-state index < -0.39 is 0 Å². The lowest BCUT2D eigenvalue weighted by Crippen LogP contribution is -2.24. The molecule has 0 radical (unpaired) electrons. The number of nitrogens with one attached hydrogen (secondary N) is 1. The van der Waals surface area contributed by atoms with Gasteiger partial charge < -0.3 is 15.5 Å². The van der Waals surface area contributed by atoms with Gasteiger partial charge in [0, 0.05) is 13.2 Å². The highest BCUT2D eigenvalue weighted by molar-refractivity contribution is 4.76. The van der Waals surface area contributed by atoms with Crippen LogP contribution in [0.4, 0.5) is 0 Å². The molecule has 0 saturated heterocycles. The quantitative estimate of drug-likeness (QED) is 0.512. The van der Waals surface area contributed by atoms with Crippen LogP contribution in [-0.4, -0.2) is 36.5 Å². The number of rotatable bonds is 5. The van der Waals surface area contributed by atoms with Crippen LogP contribution in [0.15, 0.2) is 0 Å². The van der Waals surface area contributed by atoms with Crippen molar-refractivity contribution in [2.45, 2.75) is 19.3 Å². The van der Waals surface area contributed by atoms with Gasteiger partial charge in [0.25, 0.3) is 0 Å². The zero-order valence-electron chi connectivity index (χ0n) is 7.50. The molecule has 0 amide bonds. The Bertz CT molecular complexity index is 119. The first-order valence-corrected chi connectivity index (χ1v) is 4.79. The van der Waals surface area contributed by atoms with Crippen molar-refractivity contribution in [3.05, 3.63) is 0 Å². The Labute approximate surface area is 73.8 Å². The van der Waals surface area contributed by atoms with Crippen LogP contribution >= 0.6 is 0 Å². The first-order valence-electron chi connectivity index (χ1n) is 4.79. The highest BCUT2D eigenvalue weighted by atomic mass is 16.3. The highest BCUT2D eigenvalue weighted by Gasteiger charge is 2.23. The van der Waals surface area contributed by atoms with Gasteiger partial charge in [-0.2, -0.15) is 0 Å². The molecule has 0 aliphatic heterocycles. The summed E-state index contributed by atoms with van der Waals surface area (Å²) in [5.74, 6) is 1.25. The van der Waals surface area contributed by atoms with Crippen LogP contribution in [0.25, 0.3) is 0 Å². The summed E-state index contributed by atoms with van der Waals surface area (Å²) >= 11 is 0. The van der Waals surface area contributed by atoms with Crippen LogP contribution in [0.2, 0.25) is 0 Å². The van der Waals surface area contributed by atoms with Crippen molar-refractivity contribution < 1.29 is 10.2 Å². The second kappa shape index (κ2) is 5.51. The van der Waals surface area contributed by atoms with Crippen molar-refractivity contribution in [2.24, 2.45) is 11.8 Å². The fraction of sp³-hybridized carbons (Fsp3) is 1.00. The van der Waals surface area contributed by atoms with Crippen molar-refractivity contribution in [1.82, 2.24) is 5.32 Å². The fourth-order valence-electron chi connectivity index (χ4n) is 1.91. The molecule has 2 unspecified atom stereocenters. The molecule has 0 aromatic rings. The van der Waals surface area contributed by atoms with Gasteiger partial charge in [0.15, 0.2) is 0 Å². The summed E-state index contributed by atoms with van der Waals surface area (Å²) in [6, 6.07) is 0. The molecule has 72 valence electrons. The number of aliphatic hydroxyl groups is 2. The van der Waals surface area contributed by atoms with Crippen LogP contribution in [0.1, 0.15) is 19.3 Å². The molecule has 3 heteroatoms. The second-order valence-electron chi connectivity index (χ2n) is 3.66. The molecule has 0 aromatic carbocycles. The number of aliphatic hydroxyl groups excluding tert-OH is 2. The van der Waals surface area contributed by atoms with Gasteiger partial charge in [-0.3, -0.25) is 0 Å². The van der Waals surface area contributed by atoms with Gasteiger partial charge in [0.05, 0.1) is 6.61 Å². The van der Waals surface area contributed by atoms with Crippen molar-refractivity contribution in [3.63, 3.8) is 0 Å². The molecule has 0 aromatic heterocycles. The summed E-state index contributed by atoms with van der Waals surface area (Å²) in [4.78, 5) is 0. The van der Waals surface area contributed by atoms with Crippen molar-refractivity contribution in [2.75, 3.05) is 26.3 Å². The minimum absolute atomic E-state index is 0.218. The van der Waals surface area contributed by atoms with Gasteiger partial charge in [0.2, 0.25) is 0 Å². The lowest BCUT2D eigenvalue weighted by molar-refractivity contribution is 0.225. The number of hydrogen-bond acceptors (Lipinski definition) is 3. The molecule has 3 N–H and O–H groups in total. The summed E-state index contributed by atoms with van der Waals surface area (Å²) in [5.41, 5.74) is 0. The third-order valence-corrected chi connectivity index (χ3v) is 2.63. The van der Waals surface area contributed by atoms with Crippen LogP contribution in [0.3, 0.4) is 0 Å². The van der Waals surface area contributed by atoms with Gasteiger partial charge in [0.1, 0.15) is 0 Å². The van der Waals surface area contributed by atoms with Gasteiger partial charge in [-0.05, 0) is 37.6 Å². The molecule has 0 spiro atoms. The summed E-state index contributed by atoms with van der Waals surface area (Å²) in [7, 11) is 0. The second-order valence-corrected chi connectivity index (χ2v) is 3.66. The van der Waals surface area contributed by atoms with Crippen LogP contribution in [0, 0.1) is 11.8 Å². The Morgan fingerprint density at radius 3 is 2.50 bits per heavy atom. The topological polar surface area (TPSA) is 52.5 Å². The highest BCUT2D eigenvalue weighted by Crippen LogP contribution is 2.29. The predicted octanol–water partition coefficient (Wildman–Crippen LogP) is -0.0231. The summed E-state index contributed by atoms with van der Waals surface area (Å²) in [6.45, 7) is 2.25. The van der Waals surface area contributed by atoms with Crippen LogP contribution in [0.5, 0.6) is 0 Å². The van der Waals surface area contributed by atoms with E-state index >= 15 is 0 Å². The van der Waals surface area contributed by atoms with E-state index in [1.807, 2.05) is 0 Å². The lowest BCUT2D eigenvalue weighted by atomic mass is 10.1. The normalized spacial score (nSPS) is 29.5. The molecule has 1 saturated carbocycles. The molecular formula is C9H19NO2. The Morgan fingerprint density at radius 2 is 1.92 bits per heavy atom. The maximum absolute atomic E-state index is 8.89. The van der Waals surface area contributed by atoms with E-state index in [4.69, 9.17) is 10.2 Å². The molecule has 2 atom stereocenters. The van der Waals surface area contributed by atoms with Crippen LogP contribution < -0.4 is 5.32 Å². The fourth-order valence-corrected chi connectivity index (χ4v) is 1.91. The molecule has 1 aliphatic carbocycles. The van der Waals surface area contributed by atoms with E-state index in [0.29, 0.717) is 25.0 Å². The van der Waals surface area contributed by atoms with Crippen LogP contribution in [-0.2, 0) is 0 Å². The first-order chi connectivity index (χ1) is 5.86. The third-order valence-electron chi connectivity index (χ3n) is 2.63. The maximum Gasteiger partial charge on any atom is 0.0555 e. The molecule has 3 nitrogen and oxygen atoms in total. The van der Waals surface area contributed by atoms with Crippen molar-refractivity contribution in [3.8, 4) is 0 Å². The summed E-state index contributed by atoms with van der Waals surface area (Å²) < 4.78 is 0. The molecule has 0 bridgehead atoms. The minimum Gasteiger partial charge on any atom is -0.396 e. The summed E-state index contributed by atoms with van der Waals surface area (Å²) in [6.07, 6.45) is 3.54. The predicted molar refractivity (Wildman–Crippen MR) is 47.9 cm³/mol. The zero-order chi connectivity index (χ0) is 8.81. The van der Waals surface area contributed by atoms with Gasteiger partial charge >= 0.3 is 0 Å². The lowest BCUT2D eigenvalue weighted by Gasteiger charge is -2.10. The van der Waals surface area contributed by atoms with E-state index in [1.165, 1.54) is 12.8 Å². The average molecular weight is 173 g/mol. The SMILES string of the molecule is OCCNCC1CCC(CO)C1. The zero-order valence-corrected chi connectivity index (χ0v) is 7.50. The largest absolute Gasteiger partial charge is 0.396 e. The molecule has 12 heavy (non-hydrogen) atoms. The monoisotopic (exact) mass is 173 g/mol. The van der Waals surface area contributed by atoms with E-state index in [-0.39, 0.29) is 6.61 Å². The standard InChI is InChI=1S/C9H19NO2/c11-4-3-10-6-8-1-2-9(5-8)7-12/h8-12H,1-7H2. The van der Waals surface area contributed by atoms with E-state index in [2.05, 4.69) is 5.32 Å². The van der Waals surface area contributed by atoms with Gasteiger partial charge in [-0.25, -0.2) is 0 Å². The Balaban J connectivity index is 2.03. The van der Waals surface area contributed by atoms with Crippen molar-refractivity contribution >= 4 is 0 Å². The van der Waals surface area contributed by atoms with E-state index in [1.54, 1.807) is 0 Å². The van der Waals surface area contributed by atoms with Crippen molar-refractivity contribution in [1.29, 1.82) is 0 Å². The molecular weight excluding hydrogens is 154 g/mol. The summed E-state index contributed by atoms with van der Waals surface area (Å²) in [5, 5.41) is 20.6. The van der Waals surface area contributed by atoms with E-state index in [0.717, 1.165) is 13.0 Å². The number of hydrogen-bond donors (Lipinski definition) is 3. The Kier molecular flexibility index (Phi) is 4.58. The smallest absolute Gasteiger partial charge is 0.0555 e. The third kappa shape index (κ3) is 3.09. The minimum atomic E-state index is 0.218. The van der Waals surface area contributed by atoms with Gasteiger partial charge in [-0.1, -0.05) is 0 Å². The molecule has 1 fully saturated rings. The molecule has 0 heterocycles. The first kappa shape index (κ1) is 9.96. The maximum atomic E-state index is 8.89. The van der Waals surface area contributed by atoms with E-state index in [9.17, 15) is 0 Å². The molecule has 1 aliphatic rings. The molecule has 1 rings (SSSR count).